The summed E-state index contributed by atoms with van der Waals surface area (Å²) in [4.78, 5) is 25.8. The van der Waals surface area contributed by atoms with E-state index in [1.165, 1.54) is 32.1 Å². The van der Waals surface area contributed by atoms with Crippen molar-refractivity contribution in [3.05, 3.63) is 0 Å². The van der Waals surface area contributed by atoms with Gasteiger partial charge in [-0.25, -0.2) is 4.79 Å². The summed E-state index contributed by atoms with van der Waals surface area (Å²) in [6.45, 7) is 6.28. The molecule has 0 bridgehead atoms. The zero-order chi connectivity index (χ0) is 15.2. The molecule has 0 spiro atoms. The fourth-order valence-electron chi connectivity index (χ4n) is 3.55. The van der Waals surface area contributed by atoms with Gasteiger partial charge in [-0.15, -0.1) is 0 Å². The first kappa shape index (κ1) is 16.3. The molecule has 1 heterocycles. The van der Waals surface area contributed by atoms with Crippen molar-refractivity contribution < 1.29 is 9.59 Å². The Labute approximate surface area is 127 Å². The third-order valence-corrected chi connectivity index (χ3v) is 4.99. The van der Waals surface area contributed by atoms with Crippen LogP contribution in [0, 0.1) is 11.8 Å². The number of urea groups is 1. The predicted molar refractivity (Wildman–Crippen MR) is 82.9 cm³/mol. The maximum Gasteiger partial charge on any atom is 0.321 e. The molecule has 0 radical (unpaired) electrons. The standard InChI is InChI=1S/C16H29N3O2/c1-3-12(2)17-16(21)18-15(20)11-19-9-8-13-6-4-5-7-14(13)10-19/h12-14H,3-11H2,1-2H3,(H2,17,18,20,21)/t12-,13-,14+/m0/s1. The van der Waals surface area contributed by atoms with Crippen molar-refractivity contribution >= 4 is 11.9 Å². The maximum absolute atomic E-state index is 11.9. The number of nitrogens with one attached hydrogen (secondary N) is 2. The molecule has 0 aromatic carbocycles. The Morgan fingerprint density at radius 1 is 1.19 bits per heavy atom. The van der Waals surface area contributed by atoms with E-state index in [0.29, 0.717) is 6.54 Å². The van der Waals surface area contributed by atoms with Crippen LogP contribution in [0.5, 0.6) is 0 Å². The Morgan fingerprint density at radius 3 is 2.62 bits per heavy atom. The number of carbonyl (C=O) groups is 2. The zero-order valence-corrected chi connectivity index (χ0v) is 13.4. The Morgan fingerprint density at radius 2 is 1.90 bits per heavy atom. The van der Waals surface area contributed by atoms with E-state index >= 15 is 0 Å². The maximum atomic E-state index is 11.9. The third-order valence-electron chi connectivity index (χ3n) is 4.99. The molecular formula is C16H29N3O2. The number of hydrogen-bond acceptors (Lipinski definition) is 3. The van der Waals surface area contributed by atoms with E-state index in [1.54, 1.807) is 0 Å². The lowest BCUT2D eigenvalue weighted by atomic mass is 9.75. The Kier molecular flexibility index (Phi) is 6.03. The molecule has 0 aromatic heterocycles. The highest BCUT2D eigenvalue weighted by Crippen LogP contribution is 2.35. The van der Waals surface area contributed by atoms with Crippen LogP contribution in [0.2, 0.25) is 0 Å². The van der Waals surface area contributed by atoms with Gasteiger partial charge in [0, 0.05) is 12.6 Å². The van der Waals surface area contributed by atoms with Crippen LogP contribution in [0.3, 0.4) is 0 Å². The van der Waals surface area contributed by atoms with E-state index in [1.807, 2.05) is 13.8 Å². The molecule has 1 aliphatic carbocycles. The van der Waals surface area contributed by atoms with Crippen molar-refractivity contribution in [1.82, 2.24) is 15.5 Å². The number of nitrogens with zero attached hydrogens (tertiary/aromatic N) is 1. The molecule has 1 saturated carbocycles. The van der Waals surface area contributed by atoms with Crippen LogP contribution in [-0.4, -0.2) is 42.5 Å². The topological polar surface area (TPSA) is 61.4 Å². The van der Waals surface area contributed by atoms with Crippen LogP contribution < -0.4 is 10.6 Å². The van der Waals surface area contributed by atoms with Crippen molar-refractivity contribution in [2.75, 3.05) is 19.6 Å². The van der Waals surface area contributed by atoms with Crippen LogP contribution >= 0.6 is 0 Å². The first-order valence-electron chi connectivity index (χ1n) is 8.41. The lowest BCUT2D eigenvalue weighted by Crippen LogP contribution is -2.49. The van der Waals surface area contributed by atoms with Gasteiger partial charge in [0.15, 0.2) is 0 Å². The van der Waals surface area contributed by atoms with Gasteiger partial charge in [0.25, 0.3) is 0 Å². The summed E-state index contributed by atoms with van der Waals surface area (Å²) in [6, 6.07) is -0.280. The van der Waals surface area contributed by atoms with Gasteiger partial charge < -0.3 is 5.32 Å². The summed E-state index contributed by atoms with van der Waals surface area (Å²) in [6.07, 6.45) is 7.43. The number of imide groups is 1. The average Bonchev–Trinajstić information content (AvgIpc) is 2.46. The molecule has 1 saturated heterocycles. The average molecular weight is 295 g/mol. The number of rotatable bonds is 4. The van der Waals surface area contributed by atoms with E-state index in [-0.39, 0.29) is 18.0 Å². The first-order chi connectivity index (χ1) is 10.1. The molecule has 1 aliphatic heterocycles. The van der Waals surface area contributed by atoms with E-state index in [9.17, 15) is 9.59 Å². The highest BCUT2D eigenvalue weighted by molar-refractivity contribution is 5.95. The molecule has 120 valence electrons. The van der Waals surface area contributed by atoms with Gasteiger partial charge in [0.1, 0.15) is 0 Å². The third kappa shape index (κ3) is 4.99. The minimum atomic E-state index is -0.373. The van der Waals surface area contributed by atoms with Crippen molar-refractivity contribution in [2.24, 2.45) is 11.8 Å². The fraction of sp³-hybridized carbons (Fsp3) is 0.875. The van der Waals surface area contributed by atoms with Crippen LogP contribution in [0.25, 0.3) is 0 Å². The van der Waals surface area contributed by atoms with Crippen LogP contribution in [-0.2, 0) is 4.79 Å². The van der Waals surface area contributed by atoms with E-state index < -0.39 is 0 Å². The first-order valence-corrected chi connectivity index (χ1v) is 8.41. The molecule has 3 atom stereocenters. The molecule has 3 amide bonds. The van der Waals surface area contributed by atoms with Gasteiger partial charge in [-0.1, -0.05) is 26.2 Å². The Balaban J connectivity index is 1.71. The van der Waals surface area contributed by atoms with Crippen molar-refractivity contribution in [3.63, 3.8) is 0 Å². The van der Waals surface area contributed by atoms with Crippen molar-refractivity contribution in [3.8, 4) is 0 Å². The Hall–Kier alpha value is -1.10. The molecule has 0 aromatic rings. The highest BCUT2D eigenvalue weighted by Gasteiger charge is 2.31. The van der Waals surface area contributed by atoms with Gasteiger partial charge in [0.05, 0.1) is 6.54 Å². The SMILES string of the molecule is CC[C@H](C)NC(=O)NC(=O)CN1CC[C@@H]2CCCC[C@@H]2C1. The van der Waals surface area contributed by atoms with E-state index in [0.717, 1.165) is 31.3 Å². The summed E-state index contributed by atoms with van der Waals surface area (Å²) >= 11 is 0. The van der Waals surface area contributed by atoms with E-state index in [4.69, 9.17) is 0 Å². The monoisotopic (exact) mass is 295 g/mol. The largest absolute Gasteiger partial charge is 0.335 e. The van der Waals surface area contributed by atoms with Gasteiger partial charge in [-0.3, -0.25) is 15.0 Å². The number of likely N-dealkylation sites (tertiary alicyclic amines) is 1. The van der Waals surface area contributed by atoms with E-state index in [2.05, 4.69) is 15.5 Å². The summed E-state index contributed by atoms with van der Waals surface area (Å²) < 4.78 is 0. The van der Waals surface area contributed by atoms with Crippen LogP contribution in [0.15, 0.2) is 0 Å². The smallest absolute Gasteiger partial charge is 0.321 e. The van der Waals surface area contributed by atoms with Gasteiger partial charge in [-0.2, -0.15) is 0 Å². The predicted octanol–water partition coefficient (Wildman–Crippen LogP) is 2.12. The van der Waals surface area contributed by atoms with Gasteiger partial charge >= 0.3 is 6.03 Å². The molecule has 2 fully saturated rings. The van der Waals surface area contributed by atoms with Crippen molar-refractivity contribution in [1.29, 1.82) is 0 Å². The lowest BCUT2D eigenvalue weighted by Gasteiger charge is -2.41. The number of amides is 3. The summed E-state index contributed by atoms with van der Waals surface area (Å²) in [7, 11) is 0. The molecule has 5 nitrogen and oxygen atoms in total. The van der Waals surface area contributed by atoms with Crippen LogP contribution in [0.4, 0.5) is 4.79 Å². The highest BCUT2D eigenvalue weighted by atomic mass is 16.2. The summed E-state index contributed by atoms with van der Waals surface area (Å²) in [5, 5.41) is 5.19. The summed E-state index contributed by atoms with van der Waals surface area (Å²) in [5.41, 5.74) is 0. The molecule has 21 heavy (non-hydrogen) atoms. The second-order valence-corrected chi connectivity index (χ2v) is 6.66. The van der Waals surface area contributed by atoms with Crippen LogP contribution in [0.1, 0.15) is 52.4 Å². The fourth-order valence-corrected chi connectivity index (χ4v) is 3.55. The molecule has 2 N–H and O–H groups in total. The molecule has 2 aliphatic rings. The van der Waals surface area contributed by atoms with Gasteiger partial charge in [0.2, 0.25) is 5.91 Å². The number of carbonyl (C=O) groups excluding carboxylic acids is 2. The number of fused-ring (bicyclic) bond motifs is 1. The second-order valence-electron chi connectivity index (χ2n) is 6.66. The molecule has 2 rings (SSSR count). The molecular weight excluding hydrogens is 266 g/mol. The second kappa shape index (κ2) is 7.78. The number of hydrogen-bond donors (Lipinski definition) is 2. The quantitative estimate of drug-likeness (QED) is 0.835. The minimum absolute atomic E-state index is 0.0933. The normalized spacial score (nSPS) is 27.5. The molecule has 5 heteroatoms. The van der Waals surface area contributed by atoms with Crippen molar-refractivity contribution in [2.45, 2.75) is 58.4 Å². The summed E-state index contributed by atoms with van der Waals surface area (Å²) in [5.74, 6) is 1.44. The lowest BCUT2D eigenvalue weighted by molar-refractivity contribution is -0.121. The molecule has 0 unspecified atom stereocenters. The minimum Gasteiger partial charge on any atom is -0.335 e. The number of piperidine rings is 1. The van der Waals surface area contributed by atoms with Gasteiger partial charge in [-0.05, 0) is 44.6 Å². The zero-order valence-electron chi connectivity index (χ0n) is 13.4. The Bertz CT molecular complexity index is 373.